The third kappa shape index (κ3) is 5.66. The van der Waals surface area contributed by atoms with Crippen molar-refractivity contribution in [3.63, 3.8) is 0 Å². The zero-order valence-corrected chi connectivity index (χ0v) is 16.5. The summed E-state index contributed by atoms with van der Waals surface area (Å²) in [7, 11) is 1.84. The Bertz CT molecular complexity index is 586. The standard InChI is InChI=1S/C19H30N4OS/c1-5-21-18(24)16-8-6-15(7-9-16)12-22-19(20-4)23-10-11-25-17(13-23)14(2)3/h6-9,14,17H,5,10-13H2,1-4H3,(H,20,22)(H,21,24). The Kier molecular flexibility index (Phi) is 7.62. The van der Waals surface area contributed by atoms with Crippen LogP contribution in [0, 0.1) is 5.92 Å². The van der Waals surface area contributed by atoms with Crippen molar-refractivity contribution in [2.24, 2.45) is 10.9 Å². The smallest absolute Gasteiger partial charge is 0.251 e. The number of aliphatic imine (C=N–C) groups is 1. The number of nitrogens with one attached hydrogen (secondary N) is 2. The lowest BCUT2D eigenvalue weighted by Gasteiger charge is -2.36. The van der Waals surface area contributed by atoms with Gasteiger partial charge in [-0.15, -0.1) is 0 Å². The van der Waals surface area contributed by atoms with Crippen molar-refractivity contribution in [1.29, 1.82) is 0 Å². The van der Waals surface area contributed by atoms with E-state index in [-0.39, 0.29) is 5.91 Å². The largest absolute Gasteiger partial charge is 0.352 e. The van der Waals surface area contributed by atoms with E-state index < -0.39 is 0 Å². The van der Waals surface area contributed by atoms with E-state index in [0.717, 1.165) is 30.4 Å². The molecule has 1 amide bonds. The van der Waals surface area contributed by atoms with Crippen molar-refractivity contribution in [1.82, 2.24) is 15.5 Å². The average Bonchev–Trinajstić information content (AvgIpc) is 2.63. The minimum atomic E-state index is -0.0247. The maximum Gasteiger partial charge on any atom is 0.251 e. The molecule has 1 saturated heterocycles. The van der Waals surface area contributed by atoms with Crippen molar-refractivity contribution >= 4 is 23.6 Å². The fourth-order valence-electron chi connectivity index (χ4n) is 2.82. The van der Waals surface area contributed by atoms with E-state index in [0.29, 0.717) is 29.8 Å². The monoisotopic (exact) mass is 362 g/mol. The summed E-state index contributed by atoms with van der Waals surface area (Å²) in [6, 6.07) is 7.73. The van der Waals surface area contributed by atoms with E-state index in [1.54, 1.807) is 0 Å². The predicted molar refractivity (Wildman–Crippen MR) is 107 cm³/mol. The molecule has 2 rings (SSSR count). The molecule has 1 aliphatic heterocycles. The summed E-state index contributed by atoms with van der Waals surface area (Å²) in [5, 5.41) is 6.93. The van der Waals surface area contributed by atoms with Gasteiger partial charge in [0.25, 0.3) is 5.91 Å². The molecule has 0 aliphatic carbocycles. The van der Waals surface area contributed by atoms with Gasteiger partial charge in [-0.3, -0.25) is 9.79 Å². The molecule has 1 heterocycles. The predicted octanol–water partition coefficient (Wildman–Crippen LogP) is 2.59. The summed E-state index contributed by atoms with van der Waals surface area (Å²) in [5.41, 5.74) is 1.84. The van der Waals surface area contributed by atoms with Crippen LogP contribution in [0.4, 0.5) is 0 Å². The van der Waals surface area contributed by atoms with Gasteiger partial charge in [-0.1, -0.05) is 26.0 Å². The van der Waals surface area contributed by atoms with E-state index >= 15 is 0 Å². The lowest BCUT2D eigenvalue weighted by Crippen LogP contribution is -2.48. The quantitative estimate of drug-likeness (QED) is 0.624. The highest BCUT2D eigenvalue weighted by Gasteiger charge is 2.24. The van der Waals surface area contributed by atoms with Crippen molar-refractivity contribution in [2.45, 2.75) is 32.6 Å². The fraction of sp³-hybridized carbons (Fsp3) is 0.579. The molecule has 0 aromatic heterocycles. The molecule has 5 nitrogen and oxygen atoms in total. The van der Waals surface area contributed by atoms with Crippen LogP contribution in [0.3, 0.4) is 0 Å². The van der Waals surface area contributed by atoms with E-state index in [2.05, 4.69) is 46.1 Å². The average molecular weight is 363 g/mol. The summed E-state index contributed by atoms with van der Waals surface area (Å²) in [5.74, 6) is 2.75. The van der Waals surface area contributed by atoms with Gasteiger partial charge in [0, 0.05) is 49.8 Å². The normalized spacial score (nSPS) is 18.4. The van der Waals surface area contributed by atoms with Crippen LogP contribution in [0.2, 0.25) is 0 Å². The van der Waals surface area contributed by atoms with Gasteiger partial charge in [-0.2, -0.15) is 11.8 Å². The third-order valence-corrected chi connectivity index (χ3v) is 5.89. The van der Waals surface area contributed by atoms with E-state index in [9.17, 15) is 4.79 Å². The molecule has 1 fully saturated rings. The number of amides is 1. The third-order valence-electron chi connectivity index (χ3n) is 4.35. The first-order valence-corrected chi connectivity index (χ1v) is 10.0. The number of benzene rings is 1. The first-order valence-electron chi connectivity index (χ1n) is 8.99. The fourth-order valence-corrected chi connectivity index (χ4v) is 4.12. The van der Waals surface area contributed by atoms with Crippen LogP contribution >= 0.6 is 11.8 Å². The number of carbonyl (C=O) groups is 1. The molecule has 0 saturated carbocycles. The van der Waals surface area contributed by atoms with E-state index in [4.69, 9.17) is 0 Å². The Morgan fingerprint density at radius 1 is 1.32 bits per heavy atom. The minimum absolute atomic E-state index is 0.0247. The number of carbonyl (C=O) groups excluding carboxylic acids is 1. The maximum absolute atomic E-state index is 11.8. The Balaban J connectivity index is 1.91. The van der Waals surface area contributed by atoms with E-state index in [1.165, 1.54) is 0 Å². The maximum atomic E-state index is 11.8. The van der Waals surface area contributed by atoms with Crippen molar-refractivity contribution in [2.75, 3.05) is 32.4 Å². The van der Waals surface area contributed by atoms with Crippen molar-refractivity contribution in [3.8, 4) is 0 Å². The summed E-state index contributed by atoms with van der Waals surface area (Å²) in [6.07, 6.45) is 0. The van der Waals surface area contributed by atoms with Crippen LogP contribution in [0.25, 0.3) is 0 Å². The number of thioether (sulfide) groups is 1. The summed E-state index contributed by atoms with van der Waals surface area (Å²) in [6.45, 7) is 9.91. The second-order valence-corrected chi connectivity index (χ2v) is 7.90. The second kappa shape index (κ2) is 9.70. The molecule has 0 radical (unpaired) electrons. The van der Waals surface area contributed by atoms with Crippen LogP contribution in [-0.2, 0) is 6.54 Å². The molecule has 1 aromatic rings. The number of guanidine groups is 1. The molecule has 138 valence electrons. The SMILES string of the molecule is CCNC(=O)c1ccc(CNC(=NC)N2CCSC(C(C)C)C2)cc1. The lowest BCUT2D eigenvalue weighted by atomic mass is 10.1. The first-order chi connectivity index (χ1) is 12.0. The Labute approximate surface area is 155 Å². The number of rotatable bonds is 5. The molecule has 6 heteroatoms. The highest BCUT2D eigenvalue weighted by Crippen LogP contribution is 2.24. The highest BCUT2D eigenvalue weighted by atomic mass is 32.2. The molecule has 2 N–H and O–H groups in total. The van der Waals surface area contributed by atoms with Crippen LogP contribution in [-0.4, -0.2) is 54.5 Å². The Morgan fingerprint density at radius 3 is 2.64 bits per heavy atom. The minimum Gasteiger partial charge on any atom is -0.352 e. The first kappa shape index (κ1) is 19.6. The molecule has 1 aromatic carbocycles. The molecule has 0 bridgehead atoms. The molecule has 1 aliphatic rings. The Hall–Kier alpha value is -1.69. The summed E-state index contributed by atoms with van der Waals surface area (Å²) >= 11 is 2.06. The van der Waals surface area contributed by atoms with Gasteiger partial charge >= 0.3 is 0 Å². The topological polar surface area (TPSA) is 56.7 Å². The van der Waals surface area contributed by atoms with Crippen LogP contribution in [0.5, 0.6) is 0 Å². The second-order valence-electron chi connectivity index (χ2n) is 6.56. The molecule has 25 heavy (non-hydrogen) atoms. The van der Waals surface area contributed by atoms with Gasteiger partial charge in [0.2, 0.25) is 0 Å². The number of hydrogen-bond donors (Lipinski definition) is 2. The van der Waals surface area contributed by atoms with E-state index in [1.807, 2.05) is 38.2 Å². The van der Waals surface area contributed by atoms with Crippen LogP contribution in [0.1, 0.15) is 36.7 Å². The van der Waals surface area contributed by atoms with Gasteiger partial charge in [-0.05, 0) is 30.5 Å². The molecular formula is C19H30N4OS. The van der Waals surface area contributed by atoms with Crippen molar-refractivity contribution in [3.05, 3.63) is 35.4 Å². The van der Waals surface area contributed by atoms with Gasteiger partial charge in [-0.25, -0.2) is 0 Å². The zero-order chi connectivity index (χ0) is 18.2. The molecular weight excluding hydrogens is 332 g/mol. The number of nitrogens with zero attached hydrogens (tertiary/aromatic N) is 2. The highest BCUT2D eigenvalue weighted by molar-refractivity contribution is 8.00. The molecule has 1 atom stereocenters. The van der Waals surface area contributed by atoms with Gasteiger partial charge in [0.1, 0.15) is 0 Å². The Morgan fingerprint density at radius 2 is 2.04 bits per heavy atom. The van der Waals surface area contributed by atoms with Crippen LogP contribution < -0.4 is 10.6 Å². The van der Waals surface area contributed by atoms with Gasteiger partial charge in [0.05, 0.1) is 0 Å². The number of hydrogen-bond acceptors (Lipinski definition) is 3. The molecule has 0 spiro atoms. The van der Waals surface area contributed by atoms with Crippen LogP contribution in [0.15, 0.2) is 29.3 Å². The lowest BCUT2D eigenvalue weighted by molar-refractivity contribution is 0.0956. The summed E-state index contributed by atoms with van der Waals surface area (Å²) in [4.78, 5) is 18.6. The molecule has 1 unspecified atom stereocenters. The summed E-state index contributed by atoms with van der Waals surface area (Å²) < 4.78 is 0. The van der Waals surface area contributed by atoms with Gasteiger partial charge in [0.15, 0.2) is 5.96 Å². The van der Waals surface area contributed by atoms with Crippen molar-refractivity contribution < 1.29 is 4.79 Å². The zero-order valence-electron chi connectivity index (χ0n) is 15.7. The van der Waals surface area contributed by atoms with Gasteiger partial charge < -0.3 is 15.5 Å².